The fourth-order valence-corrected chi connectivity index (χ4v) is 2.58. The molecule has 90 valence electrons. The summed E-state index contributed by atoms with van der Waals surface area (Å²) >= 11 is 5.70. The monoisotopic (exact) mass is 261 g/mol. The van der Waals surface area contributed by atoms with Gasteiger partial charge >= 0.3 is 0 Å². The van der Waals surface area contributed by atoms with Crippen molar-refractivity contribution in [3.8, 4) is 0 Å². The fraction of sp³-hybridized carbons (Fsp3) is 0.455. The maximum atomic E-state index is 11.9. The van der Waals surface area contributed by atoms with Gasteiger partial charge in [-0.05, 0) is 37.1 Å². The molecule has 1 N–H and O–H groups in total. The van der Waals surface area contributed by atoms with Crippen molar-refractivity contribution >= 4 is 21.6 Å². The lowest BCUT2D eigenvalue weighted by Gasteiger charge is -2.17. The van der Waals surface area contributed by atoms with Crippen LogP contribution in [0.2, 0.25) is 5.02 Å². The number of nitrogens with one attached hydrogen (secondary N) is 1. The van der Waals surface area contributed by atoms with Gasteiger partial charge in [0.15, 0.2) is 0 Å². The van der Waals surface area contributed by atoms with Gasteiger partial charge in [0.1, 0.15) is 0 Å². The second-order valence-corrected chi connectivity index (χ2v) is 6.26. The van der Waals surface area contributed by atoms with E-state index in [1.165, 1.54) is 12.1 Å². The molecular weight excluding hydrogens is 246 g/mol. The first-order valence-corrected chi connectivity index (χ1v) is 6.97. The van der Waals surface area contributed by atoms with Crippen LogP contribution in [0.4, 0.5) is 0 Å². The molecule has 5 heteroatoms. The topological polar surface area (TPSA) is 46.2 Å². The zero-order chi connectivity index (χ0) is 12.3. The first-order valence-electron chi connectivity index (χ1n) is 5.11. The smallest absolute Gasteiger partial charge is 0.208 e. The van der Waals surface area contributed by atoms with Crippen LogP contribution in [-0.2, 0) is 10.0 Å². The van der Waals surface area contributed by atoms with Crippen molar-refractivity contribution in [1.82, 2.24) is 4.72 Å². The highest BCUT2D eigenvalue weighted by atomic mass is 35.5. The van der Waals surface area contributed by atoms with Crippen LogP contribution >= 0.6 is 11.6 Å². The molecule has 0 unspecified atom stereocenters. The number of halogens is 1. The standard InChI is InChI=1S/C11H16ClNO2S/c1-8(2)9(3)13-16(14,15)11-6-4-10(12)5-7-11/h4-9,13H,1-3H3/t9-/m1/s1. The molecule has 1 atom stereocenters. The Bertz CT molecular complexity index is 440. The third-order valence-corrected chi connectivity index (χ3v) is 4.29. The molecule has 0 aromatic heterocycles. The SMILES string of the molecule is CC(C)[C@@H](C)NS(=O)(=O)c1ccc(Cl)cc1. The first-order chi connectivity index (χ1) is 7.33. The van der Waals surface area contributed by atoms with Gasteiger partial charge in [0.25, 0.3) is 0 Å². The highest BCUT2D eigenvalue weighted by Gasteiger charge is 2.18. The number of hydrogen-bond donors (Lipinski definition) is 1. The minimum Gasteiger partial charge on any atom is -0.208 e. The van der Waals surface area contributed by atoms with Gasteiger partial charge in [-0.1, -0.05) is 25.4 Å². The fourth-order valence-electron chi connectivity index (χ4n) is 1.06. The van der Waals surface area contributed by atoms with Crippen molar-refractivity contribution in [3.05, 3.63) is 29.3 Å². The van der Waals surface area contributed by atoms with Gasteiger partial charge < -0.3 is 0 Å². The molecule has 1 aromatic carbocycles. The third-order valence-electron chi connectivity index (χ3n) is 2.46. The Kier molecular flexibility index (Phi) is 4.35. The second-order valence-electron chi connectivity index (χ2n) is 4.11. The molecule has 3 nitrogen and oxygen atoms in total. The highest BCUT2D eigenvalue weighted by Crippen LogP contribution is 2.15. The van der Waals surface area contributed by atoms with Crippen molar-refractivity contribution < 1.29 is 8.42 Å². The normalized spacial score (nSPS) is 14.1. The summed E-state index contributed by atoms with van der Waals surface area (Å²) in [5.41, 5.74) is 0. The number of rotatable bonds is 4. The zero-order valence-corrected chi connectivity index (χ0v) is 11.1. The Labute approximate surface area is 102 Å². The van der Waals surface area contributed by atoms with Crippen LogP contribution in [0.25, 0.3) is 0 Å². The van der Waals surface area contributed by atoms with Crippen LogP contribution in [0.1, 0.15) is 20.8 Å². The van der Waals surface area contributed by atoms with E-state index in [1.807, 2.05) is 20.8 Å². The van der Waals surface area contributed by atoms with Crippen molar-refractivity contribution in [1.29, 1.82) is 0 Å². The van der Waals surface area contributed by atoms with Gasteiger partial charge in [-0.15, -0.1) is 0 Å². The molecule has 0 amide bonds. The molecule has 0 bridgehead atoms. The van der Waals surface area contributed by atoms with E-state index >= 15 is 0 Å². The summed E-state index contributed by atoms with van der Waals surface area (Å²) in [6.07, 6.45) is 0. The minimum atomic E-state index is -3.43. The van der Waals surface area contributed by atoms with Gasteiger partial charge in [-0.2, -0.15) is 0 Å². The molecule has 0 aliphatic carbocycles. The van der Waals surface area contributed by atoms with E-state index < -0.39 is 10.0 Å². The predicted octanol–water partition coefficient (Wildman–Crippen LogP) is 2.66. The molecule has 0 fully saturated rings. The van der Waals surface area contributed by atoms with Crippen LogP contribution in [-0.4, -0.2) is 14.5 Å². The largest absolute Gasteiger partial charge is 0.240 e. The van der Waals surface area contributed by atoms with E-state index in [0.29, 0.717) is 5.02 Å². The first kappa shape index (κ1) is 13.5. The molecule has 0 aliphatic heterocycles. The lowest BCUT2D eigenvalue weighted by atomic mass is 10.1. The summed E-state index contributed by atoms with van der Waals surface area (Å²) < 4.78 is 26.4. The summed E-state index contributed by atoms with van der Waals surface area (Å²) in [5.74, 6) is 0.252. The van der Waals surface area contributed by atoms with Crippen LogP contribution < -0.4 is 4.72 Å². The van der Waals surface area contributed by atoms with Crippen LogP contribution in [0.3, 0.4) is 0 Å². The quantitative estimate of drug-likeness (QED) is 0.906. The van der Waals surface area contributed by atoms with Gasteiger partial charge in [-0.25, -0.2) is 13.1 Å². The molecule has 0 aliphatic rings. The lowest BCUT2D eigenvalue weighted by molar-refractivity contribution is 0.476. The van der Waals surface area contributed by atoms with E-state index in [9.17, 15) is 8.42 Å². The number of benzene rings is 1. The van der Waals surface area contributed by atoms with E-state index in [2.05, 4.69) is 4.72 Å². The lowest BCUT2D eigenvalue weighted by Crippen LogP contribution is -2.36. The van der Waals surface area contributed by atoms with E-state index in [0.717, 1.165) is 0 Å². The van der Waals surface area contributed by atoms with Crippen molar-refractivity contribution in [3.63, 3.8) is 0 Å². The van der Waals surface area contributed by atoms with Crippen LogP contribution in [0.5, 0.6) is 0 Å². The molecule has 1 rings (SSSR count). The van der Waals surface area contributed by atoms with Crippen molar-refractivity contribution in [2.45, 2.75) is 31.7 Å². The molecule has 0 radical (unpaired) electrons. The second kappa shape index (κ2) is 5.17. The molecule has 16 heavy (non-hydrogen) atoms. The van der Waals surface area contributed by atoms with Gasteiger partial charge in [0, 0.05) is 11.1 Å². The summed E-state index contributed by atoms with van der Waals surface area (Å²) in [4.78, 5) is 0.240. The predicted molar refractivity (Wildman–Crippen MR) is 66.1 cm³/mol. The summed E-state index contributed by atoms with van der Waals surface area (Å²) in [5, 5.41) is 0.524. The van der Waals surface area contributed by atoms with Crippen molar-refractivity contribution in [2.24, 2.45) is 5.92 Å². The van der Waals surface area contributed by atoms with E-state index in [-0.39, 0.29) is 16.9 Å². The molecule has 0 saturated heterocycles. The molecule has 0 saturated carbocycles. The molecule has 1 aromatic rings. The van der Waals surface area contributed by atoms with Gasteiger partial charge in [0.2, 0.25) is 10.0 Å². The Balaban J connectivity index is 2.90. The molecule has 0 spiro atoms. The molecular formula is C11H16ClNO2S. The average Bonchev–Trinajstić information content (AvgIpc) is 2.17. The van der Waals surface area contributed by atoms with Gasteiger partial charge in [0.05, 0.1) is 4.90 Å². The highest BCUT2D eigenvalue weighted by molar-refractivity contribution is 7.89. The van der Waals surface area contributed by atoms with Crippen LogP contribution in [0.15, 0.2) is 29.2 Å². The third kappa shape index (κ3) is 3.47. The summed E-state index contributed by atoms with van der Waals surface area (Å²) in [6, 6.07) is 6.03. The Hall–Kier alpha value is -0.580. The summed E-state index contributed by atoms with van der Waals surface area (Å²) in [6.45, 7) is 5.78. The Morgan fingerprint density at radius 1 is 1.12 bits per heavy atom. The van der Waals surface area contributed by atoms with Gasteiger partial charge in [-0.3, -0.25) is 0 Å². The Morgan fingerprint density at radius 2 is 1.62 bits per heavy atom. The summed E-state index contributed by atoms with van der Waals surface area (Å²) in [7, 11) is -3.43. The Morgan fingerprint density at radius 3 is 2.06 bits per heavy atom. The van der Waals surface area contributed by atoms with E-state index in [4.69, 9.17) is 11.6 Å². The molecule has 0 heterocycles. The number of sulfonamides is 1. The maximum Gasteiger partial charge on any atom is 0.240 e. The van der Waals surface area contributed by atoms with Crippen molar-refractivity contribution in [2.75, 3.05) is 0 Å². The average molecular weight is 262 g/mol. The number of hydrogen-bond acceptors (Lipinski definition) is 2. The minimum absolute atomic E-state index is 0.0966. The van der Waals surface area contributed by atoms with E-state index in [1.54, 1.807) is 12.1 Å². The van der Waals surface area contributed by atoms with Crippen LogP contribution in [0, 0.1) is 5.92 Å². The maximum absolute atomic E-state index is 11.9. The zero-order valence-electron chi connectivity index (χ0n) is 9.57.